The number of rotatable bonds is 49. The van der Waals surface area contributed by atoms with E-state index in [1.165, 1.54) is 141 Å². The van der Waals surface area contributed by atoms with E-state index in [2.05, 4.69) is 73.6 Å². The van der Waals surface area contributed by atoms with E-state index in [4.69, 9.17) is 14.2 Å². The fourth-order valence-corrected chi connectivity index (χ4v) is 7.42. The van der Waals surface area contributed by atoms with Crippen molar-refractivity contribution in [2.24, 2.45) is 0 Å². The molecule has 368 valence electrons. The predicted molar refractivity (Wildman–Crippen MR) is 266 cm³/mol. The zero-order chi connectivity index (χ0) is 45.8. The number of hydrazine groups is 2. The van der Waals surface area contributed by atoms with E-state index >= 15 is 0 Å². The van der Waals surface area contributed by atoms with E-state index in [0.717, 1.165) is 89.9 Å². The second-order valence-corrected chi connectivity index (χ2v) is 17.8. The average Bonchev–Trinajstić information content (AvgIpc) is 3.28. The molecule has 0 aliphatic carbocycles. The van der Waals surface area contributed by atoms with Crippen LogP contribution in [0.1, 0.15) is 265 Å². The summed E-state index contributed by atoms with van der Waals surface area (Å²) in [4.78, 5) is 37.8. The van der Waals surface area contributed by atoms with Gasteiger partial charge in [-0.05, 0) is 96.3 Å². The molecule has 1 unspecified atom stereocenters. The van der Waals surface area contributed by atoms with E-state index in [9.17, 15) is 14.4 Å². The molecule has 0 radical (unpaired) electrons. The highest BCUT2D eigenvalue weighted by molar-refractivity contribution is 5.70. The van der Waals surface area contributed by atoms with Crippen LogP contribution in [0, 0.1) is 0 Å². The molecule has 0 saturated carbocycles. The van der Waals surface area contributed by atoms with Crippen LogP contribution < -0.4 is 16.4 Å². The molecule has 0 aromatic heterocycles. The second kappa shape index (κ2) is 52.0. The maximum atomic E-state index is 12.8. The van der Waals surface area contributed by atoms with Crippen molar-refractivity contribution < 1.29 is 28.6 Å². The van der Waals surface area contributed by atoms with Gasteiger partial charge in [-0.3, -0.25) is 9.59 Å². The van der Waals surface area contributed by atoms with Gasteiger partial charge in [0.25, 0.3) is 0 Å². The first-order valence-electron chi connectivity index (χ1n) is 26.7. The highest BCUT2D eigenvalue weighted by Gasteiger charge is 2.19. The summed E-state index contributed by atoms with van der Waals surface area (Å²) < 4.78 is 16.5. The van der Waals surface area contributed by atoms with Crippen molar-refractivity contribution in [3.63, 3.8) is 0 Å². The number of carbonyl (C=O) groups excluding carboxylic acids is 3. The summed E-state index contributed by atoms with van der Waals surface area (Å²) in [7, 11) is 0. The minimum Gasteiger partial charge on any atom is -0.462 e. The molecule has 1 amide bonds. The summed E-state index contributed by atoms with van der Waals surface area (Å²) in [6.07, 6.45) is 56.0. The van der Waals surface area contributed by atoms with E-state index in [1.54, 1.807) is 0 Å². The zero-order valence-electron chi connectivity index (χ0n) is 41.5. The summed E-state index contributed by atoms with van der Waals surface area (Å²) >= 11 is 0. The lowest BCUT2D eigenvalue weighted by Crippen LogP contribution is -2.47. The number of nitrogens with one attached hydrogen (secondary N) is 3. The predicted octanol–water partition coefficient (Wildman–Crippen LogP) is 15.7. The quantitative estimate of drug-likeness (QED) is 0.0182. The largest absolute Gasteiger partial charge is 0.462 e. The molecular weight excluding hydrogens is 787 g/mol. The molecule has 0 aromatic rings. The fraction of sp³-hybridized carbons (Fsp3) is 0.833. The van der Waals surface area contributed by atoms with Gasteiger partial charge in [0, 0.05) is 19.4 Å². The van der Waals surface area contributed by atoms with Crippen LogP contribution in [0.5, 0.6) is 0 Å². The van der Waals surface area contributed by atoms with Crippen molar-refractivity contribution in [3.8, 4) is 0 Å². The monoisotopic (exact) mass is 888 g/mol. The van der Waals surface area contributed by atoms with Crippen LogP contribution in [0.3, 0.4) is 0 Å². The second-order valence-electron chi connectivity index (χ2n) is 17.8. The number of amides is 1. The summed E-state index contributed by atoms with van der Waals surface area (Å²) in [5.74, 6) is -0.693. The fourth-order valence-electron chi connectivity index (χ4n) is 7.42. The maximum Gasteiger partial charge on any atom is 0.422 e. The Morgan fingerprint density at radius 1 is 0.397 bits per heavy atom. The van der Waals surface area contributed by atoms with Gasteiger partial charge < -0.3 is 14.2 Å². The van der Waals surface area contributed by atoms with Crippen LogP contribution >= 0.6 is 0 Å². The van der Waals surface area contributed by atoms with E-state index in [1.807, 2.05) is 0 Å². The van der Waals surface area contributed by atoms with Crippen molar-refractivity contribution in [2.75, 3.05) is 19.8 Å². The van der Waals surface area contributed by atoms with Gasteiger partial charge in [0.05, 0.1) is 0 Å². The Kier molecular flexibility index (Phi) is 49.8. The van der Waals surface area contributed by atoms with Crippen LogP contribution in [-0.4, -0.2) is 43.9 Å². The Balaban J connectivity index is 4.39. The van der Waals surface area contributed by atoms with Crippen LogP contribution in [0.2, 0.25) is 0 Å². The number of hydrogen-bond acceptors (Lipinski definition) is 8. The number of allylic oxidation sites excluding steroid dienone is 6. The molecular formula is C54H101N3O6. The lowest BCUT2D eigenvalue weighted by molar-refractivity contribution is -0.161. The van der Waals surface area contributed by atoms with Gasteiger partial charge >= 0.3 is 18.0 Å². The topological polar surface area (TPSA) is 115 Å². The van der Waals surface area contributed by atoms with Crippen LogP contribution in [-0.2, 0) is 23.8 Å². The van der Waals surface area contributed by atoms with Crippen molar-refractivity contribution in [2.45, 2.75) is 271 Å². The summed E-state index contributed by atoms with van der Waals surface area (Å²) in [5.41, 5.74) is 8.12. The molecule has 0 aliphatic heterocycles. The summed E-state index contributed by atoms with van der Waals surface area (Å²) in [6.45, 7) is 7.10. The number of esters is 2. The van der Waals surface area contributed by atoms with Crippen molar-refractivity contribution in [1.82, 2.24) is 16.4 Å². The minimum atomic E-state index is -0.869. The maximum absolute atomic E-state index is 12.8. The number of unbranched alkanes of at least 4 members (excludes halogenated alkanes) is 30. The van der Waals surface area contributed by atoms with Crippen LogP contribution in [0.25, 0.3) is 0 Å². The van der Waals surface area contributed by atoms with Gasteiger partial charge in [-0.25, -0.2) is 15.6 Å². The summed E-state index contributed by atoms with van der Waals surface area (Å²) in [6, 6.07) is 0. The van der Waals surface area contributed by atoms with E-state index in [0.29, 0.717) is 13.0 Å². The smallest absolute Gasteiger partial charge is 0.422 e. The van der Waals surface area contributed by atoms with E-state index in [-0.39, 0.29) is 31.6 Å². The molecule has 1 atom stereocenters. The summed E-state index contributed by atoms with van der Waals surface area (Å²) in [5, 5.41) is 0. The van der Waals surface area contributed by atoms with Gasteiger partial charge in [-0.15, -0.1) is 0 Å². The van der Waals surface area contributed by atoms with Crippen molar-refractivity contribution >= 4 is 18.0 Å². The molecule has 0 fully saturated rings. The zero-order valence-corrected chi connectivity index (χ0v) is 41.5. The third-order valence-electron chi connectivity index (χ3n) is 11.5. The van der Waals surface area contributed by atoms with Crippen LogP contribution in [0.4, 0.5) is 4.79 Å². The Bertz CT molecular complexity index is 1020. The third-order valence-corrected chi connectivity index (χ3v) is 11.5. The molecule has 0 rings (SSSR count). The lowest BCUT2D eigenvalue weighted by atomic mass is 10.1. The van der Waals surface area contributed by atoms with Gasteiger partial charge in [-0.1, -0.05) is 192 Å². The highest BCUT2D eigenvalue weighted by atomic mass is 16.6. The number of carbonyl (C=O) groups is 3. The molecule has 63 heavy (non-hydrogen) atoms. The lowest BCUT2D eigenvalue weighted by Gasteiger charge is -2.18. The molecule has 3 N–H and O–H groups in total. The molecule has 0 saturated heterocycles. The molecule has 0 aromatic carbocycles. The first-order valence-corrected chi connectivity index (χ1v) is 26.7. The molecule has 9 heteroatoms. The first kappa shape index (κ1) is 60.4. The van der Waals surface area contributed by atoms with Crippen molar-refractivity contribution in [3.05, 3.63) is 36.5 Å². The Morgan fingerprint density at radius 3 is 1.14 bits per heavy atom. The van der Waals surface area contributed by atoms with Gasteiger partial charge in [0.1, 0.15) is 13.2 Å². The molecule has 0 bridgehead atoms. The Labute approximate surface area is 388 Å². The number of ether oxygens (including phenoxy) is 3. The minimum absolute atomic E-state index is 0.144. The number of hydrogen-bond donors (Lipinski definition) is 3. The first-order chi connectivity index (χ1) is 31.0. The van der Waals surface area contributed by atoms with Gasteiger partial charge in [-0.2, -0.15) is 5.53 Å². The highest BCUT2D eigenvalue weighted by Crippen LogP contribution is 2.14. The normalized spacial score (nSPS) is 12.2. The van der Waals surface area contributed by atoms with Gasteiger partial charge in [0.15, 0.2) is 6.10 Å². The molecule has 0 spiro atoms. The van der Waals surface area contributed by atoms with Crippen molar-refractivity contribution in [1.29, 1.82) is 0 Å². The molecule has 0 aliphatic rings. The van der Waals surface area contributed by atoms with Gasteiger partial charge in [0.2, 0.25) is 0 Å². The SMILES string of the molecule is CCCCCCCC/C=C\CCCCCCCC(=O)OCC(COC(=O)NNNCCCC/C=C\CCCCCCCC)OC(=O)CCCCCCC/C=C\CCCCCCCC. The molecule has 0 heterocycles. The molecule has 9 nitrogen and oxygen atoms in total. The van der Waals surface area contributed by atoms with Crippen LogP contribution in [0.15, 0.2) is 36.5 Å². The standard InChI is InChI=1S/C54H101N3O6/c1-4-7-10-13-16-19-22-25-27-29-31-34-37-40-43-46-52(58)61-49-51(63-53(59)47-44-41-38-35-32-30-28-26-23-20-17-14-11-8-5-2)50-62-54(60)56-57-55-48-45-42-39-36-33-24-21-18-15-12-9-6-3/h25-28,33,36,51,55,57H,4-24,29-32,34-35,37-50H2,1-3H3,(H,56,60)/b27-25-,28-26-,36-33-. The Hall–Kier alpha value is -2.65. The Morgan fingerprint density at radius 2 is 0.730 bits per heavy atom. The average molecular weight is 888 g/mol. The third kappa shape index (κ3) is 50.2. The van der Waals surface area contributed by atoms with E-state index < -0.39 is 12.2 Å².